The quantitative estimate of drug-likeness (QED) is 0.524. The van der Waals surface area contributed by atoms with E-state index in [1.807, 2.05) is 0 Å². The first-order valence-electron chi connectivity index (χ1n) is 4.03. The fraction of sp³-hybridized carbons (Fsp3) is 0. The van der Waals surface area contributed by atoms with Crippen molar-refractivity contribution in [2.75, 3.05) is 0 Å². The minimum atomic E-state index is -1.05. The third-order valence-electron chi connectivity index (χ3n) is 2.10. The van der Waals surface area contributed by atoms with Crippen molar-refractivity contribution in [3.8, 4) is 5.75 Å². The van der Waals surface area contributed by atoms with E-state index >= 15 is 0 Å². The van der Waals surface area contributed by atoms with Gasteiger partial charge in [0.1, 0.15) is 5.75 Å². The molecule has 0 heterocycles. The molecule has 0 aromatic rings. The molecule has 0 aromatic carbocycles. The van der Waals surface area contributed by atoms with E-state index in [0.717, 1.165) is 12.1 Å². The number of aromatic hydroxyl groups is 1. The summed E-state index contributed by atoms with van der Waals surface area (Å²) in [6, 6.07) is 2.50. The highest BCUT2D eigenvalue weighted by Crippen LogP contribution is 2.01. The monoisotopic (exact) mass is 204 g/mol. The van der Waals surface area contributed by atoms with Crippen molar-refractivity contribution in [2.45, 2.75) is 0 Å². The van der Waals surface area contributed by atoms with Gasteiger partial charge in [0.15, 0.2) is 10.9 Å². The zero-order chi connectivity index (χ0) is 11.2. The van der Waals surface area contributed by atoms with E-state index in [1.165, 1.54) is 0 Å². The summed E-state index contributed by atoms with van der Waals surface area (Å²) in [7, 11) is 0. The molecule has 0 saturated carbocycles. The standard InChI is InChI=1S/C10H4O5/c11-4-1-2-5(12)9-8(4)6(13)3-7(14)10(9)15/h1-3,13H. The van der Waals surface area contributed by atoms with Gasteiger partial charge in [-0.25, -0.2) is 0 Å². The maximum Gasteiger partial charge on any atom is 0.237 e. The fourth-order valence-corrected chi connectivity index (χ4v) is 1.43. The van der Waals surface area contributed by atoms with Crippen LogP contribution in [0, 0.1) is 10.4 Å². The maximum absolute atomic E-state index is 11.3. The van der Waals surface area contributed by atoms with E-state index in [1.54, 1.807) is 0 Å². The highest BCUT2D eigenvalue weighted by molar-refractivity contribution is 5.28. The first-order chi connectivity index (χ1) is 7.02. The Morgan fingerprint density at radius 1 is 0.800 bits per heavy atom. The molecule has 0 aliphatic heterocycles. The highest BCUT2D eigenvalue weighted by Gasteiger charge is 2.09. The molecule has 0 spiro atoms. The third kappa shape index (κ3) is 1.17. The van der Waals surface area contributed by atoms with E-state index in [9.17, 15) is 24.3 Å². The maximum atomic E-state index is 11.3. The Kier molecular flexibility index (Phi) is 1.76. The lowest BCUT2D eigenvalue weighted by atomic mass is 10.1. The highest BCUT2D eigenvalue weighted by atomic mass is 16.3. The van der Waals surface area contributed by atoms with Crippen molar-refractivity contribution < 1.29 is 5.11 Å². The van der Waals surface area contributed by atoms with Crippen LogP contribution < -0.4 is 21.7 Å². The van der Waals surface area contributed by atoms with Crippen LogP contribution in [0.5, 0.6) is 5.75 Å². The number of rotatable bonds is 0. The minimum absolute atomic E-state index is 0.382. The van der Waals surface area contributed by atoms with Crippen LogP contribution >= 0.6 is 0 Å². The van der Waals surface area contributed by atoms with Gasteiger partial charge in [0.2, 0.25) is 10.9 Å². The molecular formula is C10H4O5. The van der Waals surface area contributed by atoms with E-state index in [-0.39, 0.29) is 5.22 Å². The molecule has 0 unspecified atom stereocenters. The van der Waals surface area contributed by atoms with Crippen LogP contribution in [0.1, 0.15) is 0 Å². The summed E-state index contributed by atoms with van der Waals surface area (Å²) in [5, 5.41) is 8.39. The van der Waals surface area contributed by atoms with Gasteiger partial charge in [-0.2, -0.15) is 0 Å². The first-order valence-corrected chi connectivity index (χ1v) is 4.03. The largest absolute Gasteiger partial charge is 0.507 e. The molecule has 0 saturated heterocycles. The Hall–Kier alpha value is -2.30. The predicted molar refractivity (Wildman–Crippen MR) is 50.9 cm³/mol. The average Bonchev–Trinajstić information content (AvgIpc) is 2.18. The molecule has 1 N–H and O–H groups in total. The smallest absolute Gasteiger partial charge is 0.237 e. The molecule has 74 valence electrons. The molecule has 5 heteroatoms. The van der Waals surface area contributed by atoms with Crippen LogP contribution in [-0.4, -0.2) is 5.11 Å². The second-order valence-corrected chi connectivity index (χ2v) is 3.03. The third-order valence-corrected chi connectivity index (χ3v) is 2.10. The molecule has 0 fully saturated rings. The van der Waals surface area contributed by atoms with Gasteiger partial charge >= 0.3 is 0 Å². The van der Waals surface area contributed by atoms with E-state index in [2.05, 4.69) is 0 Å². The van der Waals surface area contributed by atoms with Crippen LogP contribution in [0.25, 0.3) is 0 Å². The number of hydrogen-bond donors (Lipinski definition) is 1. The topological polar surface area (TPSA) is 88.5 Å². The van der Waals surface area contributed by atoms with Crippen molar-refractivity contribution in [1.29, 1.82) is 0 Å². The molecule has 0 atom stereocenters. The average molecular weight is 204 g/mol. The molecule has 0 bridgehead atoms. The summed E-state index contributed by atoms with van der Waals surface area (Å²) in [5.41, 5.74) is -3.44. The van der Waals surface area contributed by atoms with E-state index < -0.39 is 32.7 Å². The Balaban J connectivity index is 3.55. The van der Waals surface area contributed by atoms with Crippen LogP contribution in [0.15, 0.2) is 37.4 Å². The van der Waals surface area contributed by atoms with Crippen LogP contribution in [0.2, 0.25) is 0 Å². The van der Waals surface area contributed by atoms with Crippen molar-refractivity contribution in [3.63, 3.8) is 0 Å². The van der Waals surface area contributed by atoms with Crippen molar-refractivity contribution in [2.24, 2.45) is 0 Å². The van der Waals surface area contributed by atoms with Crippen LogP contribution in [0.4, 0.5) is 0 Å². The van der Waals surface area contributed by atoms with Gasteiger partial charge in [0.25, 0.3) is 0 Å². The molecule has 0 aromatic heterocycles. The second-order valence-electron chi connectivity index (χ2n) is 3.03. The lowest BCUT2D eigenvalue weighted by Gasteiger charge is -1.91. The Morgan fingerprint density at radius 2 is 1.33 bits per heavy atom. The van der Waals surface area contributed by atoms with Crippen molar-refractivity contribution in [3.05, 3.63) is 69.5 Å². The van der Waals surface area contributed by atoms with Gasteiger partial charge in [-0.15, -0.1) is 0 Å². The summed E-state index contributed by atoms with van der Waals surface area (Å²) in [4.78, 5) is 44.8. The number of hydrogen-bond acceptors (Lipinski definition) is 5. The SMILES string of the molecule is O=c1ccc(=O)c2c(=O)c(=O)cc(O)c1=2. The molecule has 2 aliphatic rings. The second kappa shape index (κ2) is 2.84. The lowest BCUT2D eigenvalue weighted by molar-refractivity contribution is 0.469. The summed E-state index contributed by atoms with van der Waals surface area (Å²) < 4.78 is 0. The zero-order valence-electron chi connectivity index (χ0n) is 7.31. The minimum Gasteiger partial charge on any atom is -0.507 e. The summed E-state index contributed by atoms with van der Waals surface area (Å²) in [5.74, 6) is -0.627. The van der Waals surface area contributed by atoms with Crippen LogP contribution in [-0.2, 0) is 0 Å². The van der Waals surface area contributed by atoms with Gasteiger partial charge in [-0.3, -0.25) is 19.2 Å². The molecule has 5 nitrogen and oxygen atoms in total. The molecular weight excluding hydrogens is 200 g/mol. The first kappa shape index (κ1) is 9.26. The molecule has 0 amide bonds. The van der Waals surface area contributed by atoms with Gasteiger partial charge in [0.05, 0.1) is 10.4 Å². The summed E-state index contributed by atoms with van der Waals surface area (Å²) >= 11 is 0. The van der Waals surface area contributed by atoms with E-state index in [4.69, 9.17) is 0 Å². The summed E-state index contributed by atoms with van der Waals surface area (Å²) in [6.45, 7) is 0. The normalized spacial score (nSPS) is 10.7. The molecule has 15 heavy (non-hydrogen) atoms. The Bertz CT molecular complexity index is 796. The molecule has 2 rings (SSSR count). The van der Waals surface area contributed by atoms with E-state index in [0.29, 0.717) is 6.07 Å². The van der Waals surface area contributed by atoms with Gasteiger partial charge in [0, 0.05) is 6.07 Å². The predicted octanol–water partition coefficient (Wildman–Crippen LogP) is -1.57. The van der Waals surface area contributed by atoms with Gasteiger partial charge in [-0.05, 0) is 12.1 Å². The fourth-order valence-electron chi connectivity index (χ4n) is 1.43. The molecule has 2 aliphatic carbocycles. The molecule has 0 radical (unpaired) electrons. The van der Waals surface area contributed by atoms with Crippen LogP contribution in [0.3, 0.4) is 0 Å². The van der Waals surface area contributed by atoms with Crippen molar-refractivity contribution >= 4 is 0 Å². The summed E-state index contributed by atoms with van der Waals surface area (Å²) in [6.07, 6.45) is 0. The van der Waals surface area contributed by atoms with Gasteiger partial charge < -0.3 is 5.11 Å². The Morgan fingerprint density at radius 3 is 1.93 bits per heavy atom. The zero-order valence-corrected chi connectivity index (χ0v) is 7.31. The Labute approximate surface area is 81.2 Å². The lowest BCUT2D eigenvalue weighted by Crippen LogP contribution is -2.30. The van der Waals surface area contributed by atoms with Gasteiger partial charge in [-0.1, -0.05) is 0 Å². The van der Waals surface area contributed by atoms with Crippen molar-refractivity contribution in [1.82, 2.24) is 0 Å².